The molecule has 2 aromatic rings. The number of fused-ring (bicyclic) bond motifs is 1. The second-order valence-corrected chi connectivity index (χ2v) is 4.48. The molecule has 1 aromatic heterocycles. The molecule has 2 rings (SSSR count). The van der Waals surface area contributed by atoms with Crippen molar-refractivity contribution >= 4 is 11.0 Å². The van der Waals surface area contributed by atoms with Crippen LogP contribution in [0.4, 0.5) is 0 Å². The van der Waals surface area contributed by atoms with Crippen LogP contribution in [0.5, 0.6) is 0 Å². The predicted molar refractivity (Wildman–Crippen MR) is 68.5 cm³/mol. The van der Waals surface area contributed by atoms with Crippen molar-refractivity contribution in [2.75, 3.05) is 6.61 Å². The average molecular weight is 233 g/mol. The SMILES string of the molecule is CCC(CO)C(N)c1ccc2c(c1)ncn2C. The predicted octanol–water partition coefficient (Wildman–Crippen LogP) is 1.59. The zero-order chi connectivity index (χ0) is 12.4. The summed E-state index contributed by atoms with van der Waals surface area (Å²) >= 11 is 0. The highest BCUT2D eigenvalue weighted by molar-refractivity contribution is 5.76. The molecule has 0 radical (unpaired) electrons. The zero-order valence-electron chi connectivity index (χ0n) is 10.3. The molecule has 0 amide bonds. The lowest BCUT2D eigenvalue weighted by molar-refractivity contribution is 0.201. The van der Waals surface area contributed by atoms with E-state index >= 15 is 0 Å². The Kier molecular flexibility index (Phi) is 3.45. The van der Waals surface area contributed by atoms with Gasteiger partial charge in [0.2, 0.25) is 0 Å². The van der Waals surface area contributed by atoms with Crippen LogP contribution in [-0.4, -0.2) is 21.3 Å². The number of aliphatic hydroxyl groups excluding tert-OH is 1. The first-order valence-electron chi connectivity index (χ1n) is 5.94. The van der Waals surface area contributed by atoms with Crippen LogP contribution >= 0.6 is 0 Å². The van der Waals surface area contributed by atoms with Crippen molar-refractivity contribution < 1.29 is 5.11 Å². The molecule has 4 nitrogen and oxygen atoms in total. The Morgan fingerprint density at radius 2 is 2.24 bits per heavy atom. The van der Waals surface area contributed by atoms with Crippen molar-refractivity contribution in [2.45, 2.75) is 19.4 Å². The Morgan fingerprint density at radius 3 is 2.88 bits per heavy atom. The molecule has 0 aliphatic carbocycles. The van der Waals surface area contributed by atoms with E-state index in [9.17, 15) is 5.11 Å². The number of rotatable bonds is 4. The molecule has 0 fully saturated rings. The van der Waals surface area contributed by atoms with Crippen molar-refractivity contribution in [3.05, 3.63) is 30.1 Å². The summed E-state index contributed by atoms with van der Waals surface area (Å²) in [6.45, 7) is 2.16. The zero-order valence-corrected chi connectivity index (χ0v) is 10.3. The highest BCUT2D eigenvalue weighted by Gasteiger charge is 2.17. The van der Waals surface area contributed by atoms with Crippen LogP contribution in [0.25, 0.3) is 11.0 Å². The van der Waals surface area contributed by atoms with E-state index in [1.54, 1.807) is 6.33 Å². The number of hydrogen-bond acceptors (Lipinski definition) is 3. The van der Waals surface area contributed by atoms with Crippen molar-refractivity contribution in [2.24, 2.45) is 18.7 Å². The van der Waals surface area contributed by atoms with Crippen LogP contribution < -0.4 is 5.73 Å². The Labute approximate surface area is 101 Å². The molecule has 0 aliphatic heterocycles. The van der Waals surface area contributed by atoms with Crippen molar-refractivity contribution in [1.29, 1.82) is 0 Å². The van der Waals surface area contributed by atoms with Gasteiger partial charge in [-0.25, -0.2) is 4.98 Å². The van der Waals surface area contributed by atoms with E-state index in [0.717, 1.165) is 23.0 Å². The monoisotopic (exact) mass is 233 g/mol. The minimum Gasteiger partial charge on any atom is -0.396 e. The van der Waals surface area contributed by atoms with E-state index < -0.39 is 0 Å². The van der Waals surface area contributed by atoms with E-state index in [4.69, 9.17) is 5.73 Å². The minimum absolute atomic E-state index is 0.108. The van der Waals surface area contributed by atoms with Crippen LogP contribution in [0.15, 0.2) is 24.5 Å². The number of nitrogens with zero attached hydrogens (tertiary/aromatic N) is 2. The minimum atomic E-state index is -0.128. The van der Waals surface area contributed by atoms with Crippen molar-refractivity contribution in [3.8, 4) is 0 Å². The molecule has 0 aliphatic rings. The lowest BCUT2D eigenvalue weighted by Gasteiger charge is -2.20. The molecule has 3 N–H and O–H groups in total. The quantitative estimate of drug-likeness (QED) is 0.843. The van der Waals surface area contributed by atoms with Crippen LogP contribution in [0.2, 0.25) is 0 Å². The molecule has 4 heteroatoms. The maximum Gasteiger partial charge on any atom is 0.0955 e. The molecule has 0 bridgehead atoms. The average Bonchev–Trinajstić information content (AvgIpc) is 2.72. The van der Waals surface area contributed by atoms with Gasteiger partial charge in [0.05, 0.1) is 17.4 Å². The molecule has 2 atom stereocenters. The summed E-state index contributed by atoms with van der Waals surface area (Å²) < 4.78 is 1.98. The number of aryl methyl sites for hydroxylation is 1. The molecule has 0 spiro atoms. The second-order valence-electron chi connectivity index (χ2n) is 4.48. The van der Waals surface area contributed by atoms with E-state index in [0.29, 0.717) is 0 Å². The first-order chi connectivity index (χ1) is 8.17. The van der Waals surface area contributed by atoms with Gasteiger partial charge >= 0.3 is 0 Å². The number of nitrogens with two attached hydrogens (primary N) is 1. The molecule has 0 saturated carbocycles. The maximum absolute atomic E-state index is 9.28. The third kappa shape index (κ3) is 2.18. The summed E-state index contributed by atoms with van der Waals surface area (Å²) in [6.07, 6.45) is 2.67. The first-order valence-corrected chi connectivity index (χ1v) is 5.94. The van der Waals surface area contributed by atoms with Crippen LogP contribution in [-0.2, 0) is 7.05 Å². The topological polar surface area (TPSA) is 64.1 Å². The second kappa shape index (κ2) is 4.85. The van der Waals surface area contributed by atoms with Gasteiger partial charge in [-0.2, -0.15) is 0 Å². The third-order valence-electron chi connectivity index (χ3n) is 3.40. The summed E-state index contributed by atoms with van der Waals surface area (Å²) in [5.41, 5.74) is 9.25. The van der Waals surface area contributed by atoms with Gasteiger partial charge in [-0.15, -0.1) is 0 Å². The maximum atomic E-state index is 9.28. The highest BCUT2D eigenvalue weighted by Crippen LogP contribution is 2.24. The fourth-order valence-corrected chi connectivity index (χ4v) is 2.13. The molecule has 2 unspecified atom stereocenters. The van der Waals surface area contributed by atoms with Gasteiger partial charge in [0.25, 0.3) is 0 Å². The molecule has 92 valence electrons. The van der Waals surface area contributed by atoms with Gasteiger partial charge in [0, 0.05) is 25.6 Å². The van der Waals surface area contributed by atoms with Crippen LogP contribution in [0.1, 0.15) is 24.9 Å². The standard InChI is InChI=1S/C13H19N3O/c1-3-9(7-17)13(14)10-4-5-12-11(6-10)15-8-16(12)2/h4-6,8-9,13,17H,3,7,14H2,1-2H3. The third-order valence-corrected chi connectivity index (χ3v) is 3.40. The van der Waals surface area contributed by atoms with Crippen molar-refractivity contribution in [1.82, 2.24) is 9.55 Å². The Hall–Kier alpha value is -1.39. The fourth-order valence-electron chi connectivity index (χ4n) is 2.13. The van der Waals surface area contributed by atoms with E-state index in [2.05, 4.69) is 4.98 Å². The lowest BCUT2D eigenvalue weighted by Crippen LogP contribution is -2.23. The van der Waals surface area contributed by atoms with Crippen LogP contribution in [0.3, 0.4) is 0 Å². The van der Waals surface area contributed by atoms with Gasteiger partial charge in [-0.3, -0.25) is 0 Å². The van der Waals surface area contributed by atoms with Crippen LogP contribution in [0, 0.1) is 5.92 Å². The molecule has 0 saturated heterocycles. The fraction of sp³-hybridized carbons (Fsp3) is 0.462. The molecule has 1 aromatic carbocycles. The summed E-state index contributed by atoms with van der Waals surface area (Å²) in [5.74, 6) is 0.108. The van der Waals surface area contributed by atoms with E-state index in [1.807, 2.05) is 36.7 Å². The number of benzene rings is 1. The Balaban J connectivity index is 2.35. The summed E-state index contributed by atoms with van der Waals surface area (Å²) in [5, 5.41) is 9.28. The van der Waals surface area contributed by atoms with Gasteiger partial charge in [0.15, 0.2) is 0 Å². The number of aromatic nitrogens is 2. The number of imidazole rings is 1. The number of hydrogen-bond donors (Lipinski definition) is 2. The normalized spacial score (nSPS) is 15.1. The molecule has 1 heterocycles. The Morgan fingerprint density at radius 1 is 1.47 bits per heavy atom. The van der Waals surface area contributed by atoms with Gasteiger partial charge in [-0.05, 0) is 24.1 Å². The summed E-state index contributed by atoms with van der Waals surface area (Å²) in [4.78, 5) is 4.32. The molecule has 17 heavy (non-hydrogen) atoms. The highest BCUT2D eigenvalue weighted by atomic mass is 16.3. The van der Waals surface area contributed by atoms with Gasteiger partial charge in [-0.1, -0.05) is 13.0 Å². The largest absolute Gasteiger partial charge is 0.396 e. The van der Waals surface area contributed by atoms with Crippen molar-refractivity contribution in [3.63, 3.8) is 0 Å². The molecular formula is C13H19N3O. The summed E-state index contributed by atoms with van der Waals surface area (Å²) in [7, 11) is 1.97. The van der Waals surface area contributed by atoms with Gasteiger partial charge < -0.3 is 15.4 Å². The smallest absolute Gasteiger partial charge is 0.0955 e. The van der Waals surface area contributed by atoms with E-state index in [-0.39, 0.29) is 18.6 Å². The van der Waals surface area contributed by atoms with Gasteiger partial charge in [0.1, 0.15) is 0 Å². The molecular weight excluding hydrogens is 214 g/mol. The number of aliphatic hydroxyl groups is 1. The summed E-state index contributed by atoms with van der Waals surface area (Å²) in [6, 6.07) is 5.93. The van der Waals surface area contributed by atoms with E-state index in [1.165, 1.54) is 0 Å². The Bertz CT molecular complexity index is 502. The lowest BCUT2D eigenvalue weighted by atomic mass is 9.92. The first kappa shape index (κ1) is 12.1.